The summed E-state index contributed by atoms with van der Waals surface area (Å²) in [6, 6.07) is 9.14. The first-order valence-electron chi connectivity index (χ1n) is 2.38. The van der Waals surface area contributed by atoms with E-state index in [0.717, 1.165) is 0 Å². The molecule has 0 unspecified atom stereocenters. The average molecular weight is 126 g/mol. The molecule has 5 N–H and O–H groups in total. The van der Waals surface area contributed by atoms with E-state index >= 15 is 0 Å². The van der Waals surface area contributed by atoms with Gasteiger partial charge in [-0.15, -0.1) is 0 Å². The molecule has 3 nitrogen and oxygen atoms in total. The summed E-state index contributed by atoms with van der Waals surface area (Å²) in [6.45, 7) is 0. The van der Waals surface area contributed by atoms with Gasteiger partial charge in [0.25, 0.3) is 0 Å². The van der Waals surface area contributed by atoms with Crippen LogP contribution in [0, 0.1) is 0 Å². The van der Waals surface area contributed by atoms with Gasteiger partial charge in [0.05, 0.1) is 5.69 Å². The van der Waals surface area contributed by atoms with Gasteiger partial charge in [0.2, 0.25) is 0 Å². The monoisotopic (exact) mass is 126 g/mol. The van der Waals surface area contributed by atoms with Gasteiger partial charge < -0.3 is 6.15 Å². The van der Waals surface area contributed by atoms with Crippen LogP contribution in [0.25, 0.3) is 0 Å². The topological polar surface area (TPSA) is 67.3 Å². The summed E-state index contributed by atoms with van der Waals surface area (Å²) in [6.07, 6.45) is 0. The zero-order valence-electron chi connectivity index (χ0n) is 5.04. The van der Waals surface area contributed by atoms with E-state index in [1.165, 1.54) is 0 Å². The molecule has 0 atom stereocenters. The zero-order valence-corrected chi connectivity index (χ0v) is 5.04. The van der Waals surface area contributed by atoms with E-state index in [1.54, 1.807) is 12.1 Å². The molecule has 0 spiro atoms. The highest BCUT2D eigenvalue weighted by Crippen LogP contribution is 2.01. The number of hydrogen-bond donors (Lipinski definition) is 3. The molecule has 0 bridgehead atoms. The Labute approximate surface area is 53.9 Å². The Morgan fingerprint density at radius 2 is 1.67 bits per heavy atom. The van der Waals surface area contributed by atoms with Gasteiger partial charge >= 0.3 is 0 Å². The Morgan fingerprint density at radius 1 is 1.11 bits per heavy atom. The maximum absolute atomic E-state index is 8.29. The van der Waals surface area contributed by atoms with Gasteiger partial charge in [0.15, 0.2) is 0 Å². The Balaban J connectivity index is 0.000000640. The van der Waals surface area contributed by atoms with Gasteiger partial charge in [-0.05, 0) is 12.1 Å². The Kier molecular flexibility index (Phi) is 3.43. The number of para-hydroxylation sites is 1. The zero-order chi connectivity index (χ0) is 5.82. The van der Waals surface area contributed by atoms with Crippen molar-refractivity contribution in [2.45, 2.75) is 0 Å². The van der Waals surface area contributed by atoms with Crippen molar-refractivity contribution < 1.29 is 5.21 Å². The van der Waals surface area contributed by atoms with E-state index in [4.69, 9.17) is 5.21 Å². The minimum atomic E-state index is 0. The minimum absolute atomic E-state index is 0. The van der Waals surface area contributed by atoms with Crippen LogP contribution in [0.3, 0.4) is 0 Å². The van der Waals surface area contributed by atoms with Crippen LogP contribution in [0.2, 0.25) is 0 Å². The molecule has 0 heterocycles. The van der Waals surface area contributed by atoms with E-state index in [9.17, 15) is 0 Å². The first-order valence-corrected chi connectivity index (χ1v) is 2.38. The molecule has 1 aromatic carbocycles. The predicted octanol–water partition coefficient (Wildman–Crippen LogP) is 1.65. The lowest BCUT2D eigenvalue weighted by Crippen LogP contribution is -1.85. The summed E-state index contributed by atoms with van der Waals surface area (Å²) >= 11 is 0. The van der Waals surface area contributed by atoms with Crippen LogP contribution in [-0.4, -0.2) is 5.21 Å². The lowest BCUT2D eigenvalue weighted by Gasteiger charge is -1.92. The fourth-order valence-corrected chi connectivity index (χ4v) is 0.513. The lowest BCUT2D eigenvalue weighted by atomic mass is 10.3. The molecule has 50 valence electrons. The molecule has 0 aliphatic carbocycles. The number of nitrogens with one attached hydrogen (secondary N) is 1. The predicted molar refractivity (Wildman–Crippen MR) is 36.9 cm³/mol. The summed E-state index contributed by atoms with van der Waals surface area (Å²) in [5.74, 6) is 0. The largest absolute Gasteiger partial charge is 0.344 e. The number of hydrogen-bond acceptors (Lipinski definition) is 3. The summed E-state index contributed by atoms with van der Waals surface area (Å²) < 4.78 is 0. The first-order chi connectivity index (χ1) is 3.93. The van der Waals surface area contributed by atoms with Gasteiger partial charge in [-0.1, -0.05) is 18.2 Å². The Morgan fingerprint density at radius 3 is 2.00 bits per heavy atom. The fraction of sp³-hybridized carbons (Fsp3) is 0. The number of rotatable bonds is 1. The van der Waals surface area contributed by atoms with Crippen molar-refractivity contribution in [1.82, 2.24) is 6.15 Å². The molecular formula is C6H10N2O. The quantitative estimate of drug-likeness (QED) is 0.501. The highest BCUT2D eigenvalue weighted by atomic mass is 16.5. The summed E-state index contributed by atoms with van der Waals surface area (Å²) in [4.78, 5) is 0. The van der Waals surface area contributed by atoms with Crippen LogP contribution in [0.1, 0.15) is 0 Å². The SMILES string of the molecule is N.ONc1ccccc1. The number of benzene rings is 1. The molecule has 1 rings (SSSR count). The maximum Gasteiger partial charge on any atom is 0.0602 e. The van der Waals surface area contributed by atoms with Crippen molar-refractivity contribution in [2.75, 3.05) is 5.48 Å². The molecule has 0 aliphatic heterocycles. The molecule has 9 heavy (non-hydrogen) atoms. The fourth-order valence-electron chi connectivity index (χ4n) is 0.513. The van der Waals surface area contributed by atoms with Crippen LogP contribution in [0.4, 0.5) is 5.69 Å². The second-order valence-corrected chi connectivity index (χ2v) is 1.48. The lowest BCUT2D eigenvalue weighted by molar-refractivity contribution is 0.389. The second-order valence-electron chi connectivity index (χ2n) is 1.48. The van der Waals surface area contributed by atoms with Crippen molar-refractivity contribution >= 4 is 5.69 Å². The van der Waals surface area contributed by atoms with Crippen LogP contribution in [0.15, 0.2) is 30.3 Å². The minimum Gasteiger partial charge on any atom is -0.344 e. The van der Waals surface area contributed by atoms with E-state index in [2.05, 4.69) is 0 Å². The van der Waals surface area contributed by atoms with Crippen molar-refractivity contribution in [1.29, 1.82) is 0 Å². The summed E-state index contributed by atoms with van der Waals surface area (Å²) in [7, 11) is 0. The van der Waals surface area contributed by atoms with E-state index in [0.29, 0.717) is 5.69 Å². The molecule has 0 saturated heterocycles. The first kappa shape index (κ1) is 7.94. The van der Waals surface area contributed by atoms with Crippen LogP contribution >= 0.6 is 0 Å². The third-order valence-electron chi connectivity index (χ3n) is 0.903. The molecule has 0 fully saturated rings. The Bertz CT molecular complexity index is 152. The molecule has 0 radical (unpaired) electrons. The normalized spacial score (nSPS) is 7.67. The third-order valence-corrected chi connectivity index (χ3v) is 0.903. The van der Waals surface area contributed by atoms with E-state index in [1.807, 2.05) is 23.7 Å². The molecule has 0 aromatic heterocycles. The highest BCUT2D eigenvalue weighted by Gasteiger charge is 1.79. The number of anilines is 1. The molecule has 0 saturated carbocycles. The molecule has 1 aromatic rings. The van der Waals surface area contributed by atoms with Gasteiger partial charge in [-0.2, -0.15) is 0 Å². The average Bonchev–Trinajstić information content (AvgIpc) is 1.90. The molecule has 0 aliphatic rings. The van der Waals surface area contributed by atoms with Crippen molar-refractivity contribution in [3.8, 4) is 0 Å². The van der Waals surface area contributed by atoms with Gasteiger partial charge in [0.1, 0.15) is 0 Å². The summed E-state index contributed by atoms with van der Waals surface area (Å²) in [5, 5.41) is 8.29. The van der Waals surface area contributed by atoms with Crippen molar-refractivity contribution in [2.24, 2.45) is 0 Å². The van der Waals surface area contributed by atoms with Crippen molar-refractivity contribution in [3.63, 3.8) is 0 Å². The van der Waals surface area contributed by atoms with Crippen LogP contribution in [0.5, 0.6) is 0 Å². The van der Waals surface area contributed by atoms with Gasteiger partial charge in [-0.25, -0.2) is 0 Å². The third kappa shape index (κ3) is 2.12. The maximum atomic E-state index is 8.29. The van der Waals surface area contributed by atoms with Gasteiger partial charge in [0, 0.05) is 0 Å². The van der Waals surface area contributed by atoms with Crippen LogP contribution < -0.4 is 11.6 Å². The molecule has 0 amide bonds. The standard InChI is InChI=1S/C6H7NO.H3N/c8-7-6-4-2-1-3-5-6;/h1-5,7-8H;1H3. The van der Waals surface area contributed by atoms with Crippen molar-refractivity contribution in [3.05, 3.63) is 30.3 Å². The summed E-state index contributed by atoms with van der Waals surface area (Å²) in [5.41, 5.74) is 2.74. The molecular weight excluding hydrogens is 116 g/mol. The Hall–Kier alpha value is -1.06. The van der Waals surface area contributed by atoms with Gasteiger partial charge in [-0.3, -0.25) is 10.7 Å². The van der Waals surface area contributed by atoms with E-state index < -0.39 is 0 Å². The second kappa shape index (κ2) is 3.88. The highest BCUT2D eigenvalue weighted by molar-refractivity contribution is 5.39. The van der Waals surface area contributed by atoms with Crippen LogP contribution in [-0.2, 0) is 0 Å². The van der Waals surface area contributed by atoms with E-state index in [-0.39, 0.29) is 6.15 Å². The molecule has 3 heteroatoms. The smallest absolute Gasteiger partial charge is 0.0602 e.